The van der Waals surface area contributed by atoms with Gasteiger partial charge in [-0.3, -0.25) is 0 Å². The maximum atomic E-state index is 6.43. The van der Waals surface area contributed by atoms with E-state index in [2.05, 4.69) is 41.9 Å². The Morgan fingerprint density at radius 1 is 1.21 bits per heavy atom. The predicted molar refractivity (Wildman–Crippen MR) is 86.1 cm³/mol. The monoisotopic (exact) mass is 340 g/mol. The lowest BCUT2D eigenvalue weighted by Crippen LogP contribution is -2.12. The quantitative estimate of drug-likeness (QED) is 0.572. The molecule has 2 heteroatoms. The zero-order chi connectivity index (χ0) is 13.6. The molecule has 0 aliphatic heterocycles. The van der Waals surface area contributed by atoms with E-state index in [1.165, 1.54) is 48.8 Å². The molecule has 2 saturated carbocycles. The molecular formula is C17H22BrCl. The molecule has 2 fully saturated rings. The van der Waals surface area contributed by atoms with Gasteiger partial charge >= 0.3 is 0 Å². The van der Waals surface area contributed by atoms with Crippen LogP contribution in [0.15, 0.2) is 12.1 Å². The van der Waals surface area contributed by atoms with Gasteiger partial charge in [0.05, 0.1) is 0 Å². The van der Waals surface area contributed by atoms with Crippen LogP contribution in [0.25, 0.3) is 0 Å². The van der Waals surface area contributed by atoms with Crippen LogP contribution in [-0.2, 0) is 0 Å². The summed E-state index contributed by atoms with van der Waals surface area (Å²) in [5.41, 5.74) is 3.91. The second-order valence-corrected chi connectivity index (χ2v) is 8.11. The molecule has 4 unspecified atom stereocenters. The molecule has 0 radical (unpaired) electrons. The fourth-order valence-corrected chi connectivity index (χ4v) is 5.44. The standard InChI is InChI=1S/C17H22BrCl/c1-10-5-15(17(19)6-11(10)2)16(18)9-14-8-12-3-4-13(14)7-12/h5-6,12-14,16H,3-4,7-9H2,1-2H3. The summed E-state index contributed by atoms with van der Waals surface area (Å²) in [6.07, 6.45) is 7.15. The molecular weight excluding hydrogens is 320 g/mol. The molecule has 0 N–H and O–H groups in total. The van der Waals surface area contributed by atoms with Gasteiger partial charge in [0, 0.05) is 9.85 Å². The minimum Gasteiger partial charge on any atom is -0.0840 e. The average Bonchev–Trinajstić information content (AvgIpc) is 2.95. The average molecular weight is 342 g/mol. The molecule has 1 aromatic carbocycles. The highest BCUT2D eigenvalue weighted by molar-refractivity contribution is 9.09. The van der Waals surface area contributed by atoms with E-state index in [0.717, 1.165) is 22.8 Å². The second kappa shape index (κ2) is 5.41. The molecule has 104 valence electrons. The third kappa shape index (κ3) is 2.74. The lowest BCUT2D eigenvalue weighted by Gasteiger charge is -2.25. The summed E-state index contributed by atoms with van der Waals surface area (Å²) in [7, 11) is 0. The van der Waals surface area contributed by atoms with Gasteiger partial charge in [-0.25, -0.2) is 0 Å². The van der Waals surface area contributed by atoms with E-state index < -0.39 is 0 Å². The number of alkyl halides is 1. The van der Waals surface area contributed by atoms with Gasteiger partial charge in [0.15, 0.2) is 0 Å². The number of benzene rings is 1. The Morgan fingerprint density at radius 2 is 1.95 bits per heavy atom. The number of halogens is 2. The third-order valence-corrected chi connectivity index (χ3v) is 6.54. The molecule has 0 spiro atoms. The van der Waals surface area contributed by atoms with Gasteiger partial charge in [-0.1, -0.05) is 40.0 Å². The van der Waals surface area contributed by atoms with Gasteiger partial charge in [-0.05, 0) is 80.0 Å². The molecule has 0 aromatic heterocycles. The zero-order valence-electron chi connectivity index (χ0n) is 11.8. The molecule has 19 heavy (non-hydrogen) atoms. The maximum absolute atomic E-state index is 6.43. The van der Waals surface area contributed by atoms with Crippen LogP contribution in [-0.4, -0.2) is 0 Å². The van der Waals surface area contributed by atoms with E-state index in [0.29, 0.717) is 4.83 Å². The molecule has 2 bridgehead atoms. The lowest BCUT2D eigenvalue weighted by molar-refractivity contribution is 0.314. The Balaban J connectivity index is 1.73. The van der Waals surface area contributed by atoms with Crippen LogP contribution in [0.1, 0.15) is 53.6 Å². The number of aryl methyl sites for hydroxylation is 2. The van der Waals surface area contributed by atoms with E-state index in [-0.39, 0.29) is 0 Å². The van der Waals surface area contributed by atoms with E-state index >= 15 is 0 Å². The Morgan fingerprint density at radius 3 is 2.58 bits per heavy atom. The summed E-state index contributed by atoms with van der Waals surface area (Å²) in [6.45, 7) is 4.30. The van der Waals surface area contributed by atoms with Crippen LogP contribution >= 0.6 is 27.5 Å². The minimum atomic E-state index is 0.420. The van der Waals surface area contributed by atoms with Crippen LogP contribution in [0, 0.1) is 31.6 Å². The van der Waals surface area contributed by atoms with Crippen molar-refractivity contribution in [1.82, 2.24) is 0 Å². The highest BCUT2D eigenvalue weighted by Gasteiger charge is 2.40. The number of hydrogen-bond acceptors (Lipinski definition) is 0. The van der Waals surface area contributed by atoms with Crippen molar-refractivity contribution in [3.8, 4) is 0 Å². The fraction of sp³-hybridized carbons (Fsp3) is 0.647. The Kier molecular flexibility index (Phi) is 3.97. The number of hydrogen-bond donors (Lipinski definition) is 0. The summed E-state index contributed by atoms with van der Waals surface area (Å²) in [4.78, 5) is 0.420. The number of fused-ring (bicyclic) bond motifs is 2. The van der Waals surface area contributed by atoms with Crippen molar-refractivity contribution in [3.63, 3.8) is 0 Å². The first-order chi connectivity index (χ1) is 9.04. The summed E-state index contributed by atoms with van der Waals surface area (Å²) in [5, 5.41) is 0.924. The predicted octanol–water partition coefficient (Wildman–Crippen LogP) is 6.22. The Hall–Kier alpha value is -0.0100. The van der Waals surface area contributed by atoms with E-state index in [9.17, 15) is 0 Å². The Bertz CT molecular complexity index is 482. The van der Waals surface area contributed by atoms with E-state index in [1.54, 1.807) is 0 Å². The first-order valence-corrected chi connectivity index (χ1v) is 8.74. The lowest BCUT2D eigenvalue weighted by atomic mass is 9.84. The molecule has 0 amide bonds. The second-order valence-electron chi connectivity index (χ2n) is 6.60. The summed E-state index contributed by atoms with van der Waals surface area (Å²) >= 11 is 10.3. The molecule has 0 saturated heterocycles. The van der Waals surface area contributed by atoms with Crippen LogP contribution in [0.5, 0.6) is 0 Å². The summed E-state index contributed by atoms with van der Waals surface area (Å²) in [6, 6.07) is 4.38. The molecule has 2 aliphatic carbocycles. The smallest absolute Gasteiger partial charge is 0.0452 e. The van der Waals surface area contributed by atoms with Crippen LogP contribution in [0.4, 0.5) is 0 Å². The van der Waals surface area contributed by atoms with Gasteiger partial charge in [-0.15, -0.1) is 0 Å². The van der Waals surface area contributed by atoms with Crippen molar-refractivity contribution >= 4 is 27.5 Å². The SMILES string of the molecule is Cc1cc(Cl)c(C(Br)CC2CC3CCC2C3)cc1C. The van der Waals surface area contributed by atoms with Crippen LogP contribution in [0.3, 0.4) is 0 Å². The van der Waals surface area contributed by atoms with Crippen molar-refractivity contribution in [1.29, 1.82) is 0 Å². The van der Waals surface area contributed by atoms with Gasteiger partial charge < -0.3 is 0 Å². The van der Waals surface area contributed by atoms with Crippen molar-refractivity contribution in [2.24, 2.45) is 17.8 Å². The molecule has 1 aromatic rings. The van der Waals surface area contributed by atoms with E-state index in [4.69, 9.17) is 11.6 Å². The first-order valence-electron chi connectivity index (χ1n) is 7.45. The van der Waals surface area contributed by atoms with Gasteiger partial charge in [0.25, 0.3) is 0 Å². The first kappa shape index (κ1) is 13.9. The molecule has 2 aliphatic rings. The van der Waals surface area contributed by atoms with Crippen molar-refractivity contribution < 1.29 is 0 Å². The summed E-state index contributed by atoms with van der Waals surface area (Å²) < 4.78 is 0. The van der Waals surface area contributed by atoms with E-state index in [1.807, 2.05) is 0 Å². The summed E-state index contributed by atoms with van der Waals surface area (Å²) in [5.74, 6) is 2.95. The molecule has 0 heterocycles. The van der Waals surface area contributed by atoms with Crippen LogP contribution < -0.4 is 0 Å². The molecule has 0 nitrogen and oxygen atoms in total. The van der Waals surface area contributed by atoms with Crippen molar-refractivity contribution in [2.45, 2.75) is 50.8 Å². The van der Waals surface area contributed by atoms with Crippen molar-refractivity contribution in [3.05, 3.63) is 33.8 Å². The highest BCUT2D eigenvalue weighted by Crippen LogP contribution is 2.52. The number of rotatable bonds is 3. The maximum Gasteiger partial charge on any atom is 0.0452 e. The Labute approximate surface area is 130 Å². The largest absolute Gasteiger partial charge is 0.0840 e. The fourth-order valence-electron chi connectivity index (χ4n) is 4.10. The molecule has 3 rings (SSSR count). The topological polar surface area (TPSA) is 0 Å². The van der Waals surface area contributed by atoms with Crippen LogP contribution in [0.2, 0.25) is 5.02 Å². The third-order valence-electron chi connectivity index (χ3n) is 5.34. The minimum absolute atomic E-state index is 0.420. The van der Waals surface area contributed by atoms with Gasteiger partial charge in [0.1, 0.15) is 0 Å². The van der Waals surface area contributed by atoms with Crippen molar-refractivity contribution in [2.75, 3.05) is 0 Å². The normalized spacial score (nSPS) is 30.8. The molecule has 4 atom stereocenters. The highest BCUT2D eigenvalue weighted by atomic mass is 79.9. The van der Waals surface area contributed by atoms with Gasteiger partial charge in [-0.2, -0.15) is 0 Å². The zero-order valence-corrected chi connectivity index (χ0v) is 14.1. The van der Waals surface area contributed by atoms with Gasteiger partial charge in [0.2, 0.25) is 0 Å².